The molecule has 3 rings (SSSR count). The molecule has 1 aliphatic heterocycles. The van der Waals surface area contributed by atoms with Crippen LogP contribution in [-0.4, -0.2) is 55.7 Å². The van der Waals surface area contributed by atoms with Gasteiger partial charge in [0.1, 0.15) is 0 Å². The lowest BCUT2D eigenvalue weighted by molar-refractivity contribution is -0.130. The molecule has 0 aromatic heterocycles. The highest BCUT2D eigenvalue weighted by Gasteiger charge is 2.31. The summed E-state index contributed by atoms with van der Waals surface area (Å²) in [6, 6.07) is 14.1. The zero-order valence-corrected chi connectivity index (χ0v) is 17.1. The smallest absolute Gasteiger partial charge is 0.253 e. The number of carbonyl (C=O) groups excluding carboxylic acids is 2. The summed E-state index contributed by atoms with van der Waals surface area (Å²) < 4.78 is 25.4. The van der Waals surface area contributed by atoms with Crippen molar-refractivity contribution in [3.05, 3.63) is 72.8 Å². The van der Waals surface area contributed by atoms with E-state index in [0.29, 0.717) is 25.2 Å². The number of sulfone groups is 1. The average Bonchev–Trinajstić information content (AvgIpc) is 2.78. The van der Waals surface area contributed by atoms with Gasteiger partial charge >= 0.3 is 0 Å². The van der Waals surface area contributed by atoms with Gasteiger partial charge in [0.25, 0.3) is 5.91 Å². The number of nitrogens with zero attached hydrogens (tertiary/aromatic N) is 2. The van der Waals surface area contributed by atoms with Gasteiger partial charge in [0, 0.05) is 31.2 Å². The van der Waals surface area contributed by atoms with Gasteiger partial charge in [-0.1, -0.05) is 31.7 Å². The Labute approximate surface area is 171 Å². The second kappa shape index (κ2) is 8.61. The molecule has 0 radical (unpaired) electrons. The van der Waals surface area contributed by atoms with Gasteiger partial charge in [-0.25, -0.2) is 8.42 Å². The number of piperazine rings is 1. The number of amides is 2. The first-order chi connectivity index (χ1) is 13.9. The highest BCUT2D eigenvalue weighted by Crippen LogP contribution is 2.22. The van der Waals surface area contributed by atoms with E-state index >= 15 is 0 Å². The molecule has 0 bridgehead atoms. The quantitative estimate of drug-likeness (QED) is 0.708. The minimum atomic E-state index is -3.62. The molecule has 2 aromatic carbocycles. The van der Waals surface area contributed by atoms with Crippen LogP contribution >= 0.6 is 0 Å². The zero-order chi connectivity index (χ0) is 21.0. The van der Waals surface area contributed by atoms with E-state index in [0.717, 1.165) is 6.42 Å². The van der Waals surface area contributed by atoms with Crippen LogP contribution in [0.2, 0.25) is 0 Å². The van der Waals surface area contributed by atoms with Crippen molar-refractivity contribution in [2.45, 2.75) is 29.2 Å². The maximum Gasteiger partial charge on any atom is 0.253 e. The lowest BCUT2D eigenvalue weighted by Crippen LogP contribution is -2.56. The second-order valence-electron chi connectivity index (χ2n) is 6.89. The third kappa shape index (κ3) is 4.24. The van der Waals surface area contributed by atoms with E-state index in [4.69, 9.17) is 0 Å². The zero-order valence-electron chi connectivity index (χ0n) is 16.3. The maximum absolute atomic E-state index is 12.9. The van der Waals surface area contributed by atoms with Crippen LogP contribution in [-0.2, 0) is 14.6 Å². The number of rotatable bonds is 5. The molecule has 0 aliphatic carbocycles. The Morgan fingerprint density at radius 2 is 1.66 bits per heavy atom. The molecule has 1 saturated heterocycles. The minimum absolute atomic E-state index is 0.0593. The molecular formula is C22H24N2O4S. The van der Waals surface area contributed by atoms with Gasteiger partial charge in [0.15, 0.2) is 0 Å². The fourth-order valence-corrected chi connectivity index (χ4v) is 4.77. The molecule has 1 aliphatic rings. The second-order valence-corrected chi connectivity index (χ2v) is 8.84. The van der Waals surface area contributed by atoms with Gasteiger partial charge in [0.05, 0.1) is 9.79 Å². The summed E-state index contributed by atoms with van der Waals surface area (Å²) in [4.78, 5) is 28.7. The first-order valence-corrected chi connectivity index (χ1v) is 11.0. The fraction of sp³-hybridized carbons (Fsp3) is 0.273. The summed E-state index contributed by atoms with van der Waals surface area (Å²) >= 11 is 0. The molecule has 6 nitrogen and oxygen atoms in total. The predicted molar refractivity (Wildman–Crippen MR) is 110 cm³/mol. The molecule has 152 valence electrons. The summed E-state index contributed by atoms with van der Waals surface area (Å²) in [6.45, 7) is 6.84. The Hall–Kier alpha value is -2.93. The van der Waals surface area contributed by atoms with Crippen molar-refractivity contribution in [1.29, 1.82) is 0 Å². The monoisotopic (exact) mass is 412 g/mol. The molecule has 2 aromatic rings. The van der Waals surface area contributed by atoms with Crippen molar-refractivity contribution in [2.24, 2.45) is 0 Å². The molecule has 0 saturated carbocycles. The van der Waals surface area contributed by atoms with E-state index in [9.17, 15) is 18.0 Å². The Balaban J connectivity index is 1.76. The van der Waals surface area contributed by atoms with Gasteiger partial charge < -0.3 is 9.80 Å². The SMILES string of the molecule is C=CC(=O)N1CCN(C(=O)c2ccc(S(=O)(=O)c3ccccc3)cc2)C[C@@H]1CC. The molecular weight excluding hydrogens is 388 g/mol. The van der Waals surface area contributed by atoms with Crippen LogP contribution in [0.15, 0.2) is 77.0 Å². The van der Waals surface area contributed by atoms with Crippen LogP contribution in [0.1, 0.15) is 23.7 Å². The molecule has 1 heterocycles. The Kier molecular flexibility index (Phi) is 6.17. The minimum Gasteiger partial charge on any atom is -0.335 e. The molecule has 2 amide bonds. The normalized spacial score (nSPS) is 17.1. The van der Waals surface area contributed by atoms with Crippen LogP contribution < -0.4 is 0 Å². The fourth-order valence-electron chi connectivity index (χ4n) is 3.49. The van der Waals surface area contributed by atoms with Gasteiger partial charge in [-0.2, -0.15) is 0 Å². The molecule has 1 atom stereocenters. The van der Waals surface area contributed by atoms with E-state index in [-0.39, 0.29) is 27.6 Å². The van der Waals surface area contributed by atoms with Crippen molar-refractivity contribution in [3.8, 4) is 0 Å². The van der Waals surface area contributed by atoms with Crippen molar-refractivity contribution < 1.29 is 18.0 Å². The number of carbonyl (C=O) groups is 2. The molecule has 1 fully saturated rings. The maximum atomic E-state index is 12.9. The van der Waals surface area contributed by atoms with Gasteiger partial charge in [-0.05, 0) is 48.9 Å². The van der Waals surface area contributed by atoms with Crippen LogP contribution in [0.4, 0.5) is 0 Å². The summed E-state index contributed by atoms with van der Waals surface area (Å²) in [6.07, 6.45) is 2.03. The van der Waals surface area contributed by atoms with Crippen LogP contribution in [0.3, 0.4) is 0 Å². The van der Waals surface area contributed by atoms with Crippen molar-refractivity contribution >= 4 is 21.7 Å². The Morgan fingerprint density at radius 3 is 2.24 bits per heavy atom. The summed E-state index contributed by atoms with van der Waals surface area (Å²) in [5.74, 6) is -0.294. The summed E-state index contributed by atoms with van der Waals surface area (Å²) in [5.41, 5.74) is 0.426. The van der Waals surface area contributed by atoms with Crippen molar-refractivity contribution in [3.63, 3.8) is 0 Å². The largest absolute Gasteiger partial charge is 0.335 e. The Bertz CT molecular complexity index is 1000. The third-order valence-corrected chi connectivity index (χ3v) is 6.95. The molecule has 0 spiro atoms. The summed E-state index contributed by atoms with van der Waals surface area (Å²) in [5, 5.41) is 0. The third-order valence-electron chi connectivity index (χ3n) is 5.16. The highest BCUT2D eigenvalue weighted by molar-refractivity contribution is 7.91. The first kappa shape index (κ1) is 20.8. The number of hydrogen-bond donors (Lipinski definition) is 0. The lowest BCUT2D eigenvalue weighted by atomic mass is 10.1. The van der Waals surface area contributed by atoms with E-state index in [2.05, 4.69) is 6.58 Å². The van der Waals surface area contributed by atoms with Crippen LogP contribution in [0.5, 0.6) is 0 Å². The van der Waals surface area contributed by atoms with E-state index in [1.807, 2.05) is 6.92 Å². The Morgan fingerprint density at radius 1 is 1.03 bits per heavy atom. The van der Waals surface area contributed by atoms with Gasteiger partial charge in [0.2, 0.25) is 15.7 Å². The van der Waals surface area contributed by atoms with E-state index < -0.39 is 9.84 Å². The average molecular weight is 413 g/mol. The topological polar surface area (TPSA) is 74.8 Å². The number of hydrogen-bond acceptors (Lipinski definition) is 4. The van der Waals surface area contributed by atoms with Crippen molar-refractivity contribution in [1.82, 2.24) is 9.80 Å². The molecule has 7 heteroatoms. The van der Waals surface area contributed by atoms with Crippen molar-refractivity contribution in [2.75, 3.05) is 19.6 Å². The van der Waals surface area contributed by atoms with Gasteiger partial charge in [-0.15, -0.1) is 0 Å². The van der Waals surface area contributed by atoms with Crippen LogP contribution in [0, 0.1) is 0 Å². The molecule has 29 heavy (non-hydrogen) atoms. The summed E-state index contributed by atoms with van der Waals surface area (Å²) in [7, 11) is -3.62. The van der Waals surface area contributed by atoms with Gasteiger partial charge in [-0.3, -0.25) is 9.59 Å². The standard InChI is InChI=1S/C22H24N2O4S/c1-3-18-16-23(14-15-24(18)21(25)4-2)22(26)17-10-12-20(13-11-17)29(27,28)19-8-6-5-7-9-19/h4-13,18H,2-3,14-16H2,1H3/t18-/m0/s1. The van der Waals surface area contributed by atoms with Crippen LogP contribution in [0.25, 0.3) is 0 Å². The lowest BCUT2D eigenvalue weighted by Gasteiger charge is -2.40. The molecule has 0 N–H and O–H groups in total. The predicted octanol–water partition coefficient (Wildman–Crippen LogP) is 2.77. The first-order valence-electron chi connectivity index (χ1n) is 9.51. The number of benzene rings is 2. The van der Waals surface area contributed by atoms with E-state index in [1.165, 1.54) is 18.2 Å². The van der Waals surface area contributed by atoms with E-state index in [1.54, 1.807) is 52.3 Å². The molecule has 0 unspecified atom stereocenters. The highest BCUT2D eigenvalue weighted by atomic mass is 32.2.